The number of nitrogens with one attached hydrogen (secondary N) is 2. The molecule has 0 atom stereocenters. The van der Waals surface area contributed by atoms with Crippen LogP contribution in [-0.4, -0.2) is 28.8 Å². The molecule has 0 unspecified atom stereocenters. The van der Waals surface area contributed by atoms with Gasteiger partial charge in [0.05, 0.1) is 12.8 Å². The maximum atomic E-state index is 12.7. The standard InChI is InChI=1S/C14H18N4O2.ClH/c19-13(16-11-12-3-1-10-20-12)14(4-7-15-8-5-14)18-9-2-6-17-18;/h1-3,6,9-10,15H,4-5,7-8,11H2,(H,16,19);1H. The monoisotopic (exact) mass is 310 g/mol. The van der Waals surface area contributed by atoms with Crippen LogP contribution in [0, 0.1) is 0 Å². The van der Waals surface area contributed by atoms with Crippen LogP contribution < -0.4 is 10.6 Å². The molecule has 21 heavy (non-hydrogen) atoms. The predicted octanol–water partition coefficient (Wildman–Crippen LogP) is 1.29. The minimum atomic E-state index is -0.596. The average Bonchev–Trinajstić information content (AvgIpc) is 3.18. The molecule has 0 saturated carbocycles. The van der Waals surface area contributed by atoms with Crippen molar-refractivity contribution in [3.05, 3.63) is 42.6 Å². The van der Waals surface area contributed by atoms with Gasteiger partial charge < -0.3 is 15.1 Å². The summed E-state index contributed by atoms with van der Waals surface area (Å²) in [7, 11) is 0. The molecule has 1 saturated heterocycles. The Balaban J connectivity index is 0.00000161. The van der Waals surface area contributed by atoms with E-state index >= 15 is 0 Å². The van der Waals surface area contributed by atoms with Crippen LogP contribution in [0.15, 0.2) is 41.3 Å². The molecule has 0 spiro atoms. The van der Waals surface area contributed by atoms with Crippen molar-refractivity contribution < 1.29 is 9.21 Å². The third-order valence-electron chi connectivity index (χ3n) is 3.80. The van der Waals surface area contributed by atoms with Gasteiger partial charge in [0.25, 0.3) is 0 Å². The van der Waals surface area contributed by atoms with Crippen LogP contribution >= 0.6 is 12.4 Å². The SMILES string of the molecule is Cl.O=C(NCc1ccco1)C1(n2cccn2)CCNCC1. The van der Waals surface area contributed by atoms with Crippen LogP contribution in [0.1, 0.15) is 18.6 Å². The Morgan fingerprint density at radius 2 is 2.24 bits per heavy atom. The normalized spacial score (nSPS) is 17.0. The summed E-state index contributed by atoms with van der Waals surface area (Å²) in [6.45, 7) is 2.03. The van der Waals surface area contributed by atoms with Gasteiger partial charge in [-0.15, -0.1) is 12.4 Å². The zero-order valence-electron chi connectivity index (χ0n) is 11.6. The van der Waals surface area contributed by atoms with Crippen LogP contribution in [0.25, 0.3) is 0 Å². The Morgan fingerprint density at radius 3 is 2.86 bits per heavy atom. The quantitative estimate of drug-likeness (QED) is 0.892. The van der Waals surface area contributed by atoms with Gasteiger partial charge in [-0.05, 0) is 44.1 Å². The first-order chi connectivity index (χ1) is 9.81. The number of rotatable bonds is 4. The molecular formula is C14H19ClN4O2. The van der Waals surface area contributed by atoms with Crippen molar-refractivity contribution in [3.8, 4) is 0 Å². The van der Waals surface area contributed by atoms with Gasteiger partial charge in [-0.1, -0.05) is 0 Å². The summed E-state index contributed by atoms with van der Waals surface area (Å²) in [5.41, 5.74) is -0.596. The second-order valence-corrected chi connectivity index (χ2v) is 4.99. The lowest BCUT2D eigenvalue weighted by atomic mass is 9.87. The lowest BCUT2D eigenvalue weighted by Gasteiger charge is -2.36. The molecule has 1 aliphatic heterocycles. The van der Waals surface area contributed by atoms with Gasteiger partial charge in [-0.3, -0.25) is 9.48 Å². The van der Waals surface area contributed by atoms with E-state index in [4.69, 9.17) is 4.42 Å². The number of carbonyl (C=O) groups is 1. The molecule has 2 N–H and O–H groups in total. The maximum Gasteiger partial charge on any atom is 0.248 e. The van der Waals surface area contributed by atoms with Gasteiger partial charge in [0.15, 0.2) is 0 Å². The number of amides is 1. The number of halogens is 1. The molecule has 6 nitrogen and oxygen atoms in total. The van der Waals surface area contributed by atoms with Crippen molar-refractivity contribution in [1.29, 1.82) is 0 Å². The Labute approximate surface area is 129 Å². The molecule has 1 amide bonds. The molecule has 0 aliphatic carbocycles. The smallest absolute Gasteiger partial charge is 0.248 e. The van der Waals surface area contributed by atoms with E-state index in [0.29, 0.717) is 6.54 Å². The summed E-state index contributed by atoms with van der Waals surface area (Å²) in [5, 5.41) is 10.5. The summed E-state index contributed by atoms with van der Waals surface area (Å²) in [6.07, 6.45) is 6.65. The number of piperidine rings is 1. The van der Waals surface area contributed by atoms with E-state index in [-0.39, 0.29) is 18.3 Å². The fourth-order valence-corrected chi connectivity index (χ4v) is 2.67. The van der Waals surface area contributed by atoms with Gasteiger partial charge in [0.2, 0.25) is 5.91 Å². The van der Waals surface area contributed by atoms with Crippen LogP contribution in [-0.2, 0) is 16.9 Å². The number of hydrogen-bond acceptors (Lipinski definition) is 4. The second kappa shape index (κ2) is 6.78. The number of hydrogen-bond donors (Lipinski definition) is 2. The third kappa shape index (κ3) is 3.11. The van der Waals surface area contributed by atoms with E-state index in [0.717, 1.165) is 31.7 Å². The van der Waals surface area contributed by atoms with Crippen LogP contribution in [0.3, 0.4) is 0 Å². The Morgan fingerprint density at radius 1 is 1.43 bits per heavy atom. The second-order valence-electron chi connectivity index (χ2n) is 4.99. The number of furan rings is 1. The highest BCUT2D eigenvalue weighted by Gasteiger charge is 2.41. The lowest BCUT2D eigenvalue weighted by Crippen LogP contribution is -2.54. The first kappa shape index (κ1) is 15.6. The zero-order valence-corrected chi connectivity index (χ0v) is 12.4. The van der Waals surface area contributed by atoms with Crippen LogP contribution in [0.4, 0.5) is 0 Å². The Hall–Kier alpha value is -1.79. The third-order valence-corrected chi connectivity index (χ3v) is 3.80. The summed E-state index contributed by atoms with van der Waals surface area (Å²) in [5.74, 6) is 0.752. The minimum Gasteiger partial charge on any atom is -0.467 e. The molecule has 3 rings (SSSR count). The zero-order chi connectivity index (χ0) is 13.8. The summed E-state index contributed by atoms with van der Waals surface area (Å²) in [4.78, 5) is 12.7. The van der Waals surface area contributed by atoms with Crippen molar-refractivity contribution in [3.63, 3.8) is 0 Å². The van der Waals surface area contributed by atoms with E-state index < -0.39 is 5.54 Å². The fraction of sp³-hybridized carbons (Fsp3) is 0.429. The number of aromatic nitrogens is 2. The van der Waals surface area contributed by atoms with Gasteiger partial charge in [-0.25, -0.2) is 0 Å². The van der Waals surface area contributed by atoms with Gasteiger partial charge >= 0.3 is 0 Å². The highest BCUT2D eigenvalue weighted by atomic mass is 35.5. The Kier molecular flexibility index (Phi) is 5.03. The Bertz CT molecular complexity index is 548. The lowest BCUT2D eigenvalue weighted by molar-refractivity contribution is -0.132. The van der Waals surface area contributed by atoms with E-state index in [1.165, 1.54) is 0 Å². The van der Waals surface area contributed by atoms with Crippen molar-refractivity contribution >= 4 is 18.3 Å². The number of nitrogens with zero attached hydrogens (tertiary/aromatic N) is 2. The van der Waals surface area contributed by atoms with Crippen LogP contribution in [0.5, 0.6) is 0 Å². The molecule has 1 aliphatic rings. The van der Waals surface area contributed by atoms with Crippen molar-refractivity contribution in [1.82, 2.24) is 20.4 Å². The molecule has 3 heterocycles. The van der Waals surface area contributed by atoms with E-state index in [1.54, 1.807) is 17.1 Å². The maximum absolute atomic E-state index is 12.7. The molecule has 114 valence electrons. The summed E-state index contributed by atoms with van der Waals surface area (Å²) >= 11 is 0. The van der Waals surface area contributed by atoms with E-state index in [2.05, 4.69) is 15.7 Å². The van der Waals surface area contributed by atoms with Gasteiger partial charge in [0, 0.05) is 12.4 Å². The topological polar surface area (TPSA) is 72.1 Å². The molecule has 7 heteroatoms. The first-order valence-corrected chi connectivity index (χ1v) is 6.83. The van der Waals surface area contributed by atoms with Crippen LogP contribution in [0.2, 0.25) is 0 Å². The predicted molar refractivity (Wildman–Crippen MR) is 80.1 cm³/mol. The molecule has 2 aromatic rings. The largest absolute Gasteiger partial charge is 0.467 e. The summed E-state index contributed by atoms with van der Waals surface area (Å²) in [6, 6.07) is 5.52. The van der Waals surface area contributed by atoms with E-state index in [9.17, 15) is 4.79 Å². The van der Waals surface area contributed by atoms with Crippen molar-refractivity contribution in [2.45, 2.75) is 24.9 Å². The minimum absolute atomic E-state index is 0. The molecule has 0 bridgehead atoms. The first-order valence-electron chi connectivity index (χ1n) is 6.83. The molecule has 1 fully saturated rings. The fourth-order valence-electron chi connectivity index (χ4n) is 2.67. The highest BCUT2D eigenvalue weighted by molar-refractivity contribution is 5.85. The van der Waals surface area contributed by atoms with E-state index in [1.807, 2.05) is 24.4 Å². The summed E-state index contributed by atoms with van der Waals surface area (Å²) < 4.78 is 7.03. The number of carbonyl (C=O) groups excluding carboxylic acids is 1. The molecule has 2 aromatic heterocycles. The average molecular weight is 311 g/mol. The van der Waals surface area contributed by atoms with Gasteiger partial charge in [0.1, 0.15) is 11.3 Å². The molecular weight excluding hydrogens is 292 g/mol. The van der Waals surface area contributed by atoms with Crippen molar-refractivity contribution in [2.75, 3.05) is 13.1 Å². The molecule has 0 aromatic carbocycles. The van der Waals surface area contributed by atoms with Crippen molar-refractivity contribution in [2.24, 2.45) is 0 Å². The molecule has 0 radical (unpaired) electrons. The van der Waals surface area contributed by atoms with Gasteiger partial charge in [-0.2, -0.15) is 5.10 Å². The highest BCUT2D eigenvalue weighted by Crippen LogP contribution is 2.27.